The molecule has 0 aliphatic carbocycles. The van der Waals surface area contributed by atoms with Crippen molar-refractivity contribution in [3.05, 3.63) is 89.8 Å². The van der Waals surface area contributed by atoms with E-state index >= 15 is 0 Å². The highest BCUT2D eigenvalue weighted by atomic mass is 16.6. The van der Waals surface area contributed by atoms with Gasteiger partial charge < -0.3 is 14.2 Å². The average molecular weight is 504 g/mol. The molecule has 0 radical (unpaired) electrons. The highest BCUT2D eigenvalue weighted by Gasteiger charge is 2.20. The summed E-state index contributed by atoms with van der Waals surface area (Å²) < 4.78 is 15.4. The van der Waals surface area contributed by atoms with Crippen LogP contribution in [-0.4, -0.2) is 35.9 Å². The molecule has 37 heavy (non-hydrogen) atoms. The van der Waals surface area contributed by atoms with E-state index in [2.05, 4.69) is 15.6 Å². The van der Waals surface area contributed by atoms with E-state index in [1.807, 2.05) is 48.5 Å². The van der Waals surface area contributed by atoms with Crippen LogP contribution in [0.5, 0.6) is 0 Å². The van der Waals surface area contributed by atoms with Crippen molar-refractivity contribution < 1.29 is 28.6 Å². The van der Waals surface area contributed by atoms with Gasteiger partial charge in [-0.25, -0.2) is 19.4 Å². The van der Waals surface area contributed by atoms with E-state index in [-0.39, 0.29) is 23.7 Å². The van der Waals surface area contributed by atoms with E-state index in [1.165, 1.54) is 13.2 Å². The minimum Gasteiger partial charge on any atom is -0.464 e. The summed E-state index contributed by atoms with van der Waals surface area (Å²) in [7, 11) is 1.18. The van der Waals surface area contributed by atoms with Crippen molar-refractivity contribution in [2.75, 3.05) is 12.4 Å². The number of carbonyl (C=O) groups is 3. The lowest BCUT2D eigenvalue weighted by atomic mass is 10.1. The molecule has 2 amide bonds. The SMILES string of the molecule is COC(=O)/C(=C/c1nc(-c2ccccc2)ccc1NC(=O)OC(C)(C)C)NC(=O)OCc1ccccc1. The molecule has 0 aliphatic rings. The topological polar surface area (TPSA) is 116 Å². The Hall–Kier alpha value is -4.66. The van der Waals surface area contributed by atoms with Crippen molar-refractivity contribution in [1.29, 1.82) is 0 Å². The second-order valence-corrected chi connectivity index (χ2v) is 8.86. The maximum Gasteiger partial charge on any atom is 0.412 e. The quantitative estimate of drug-likeness (QED) is 0.247. The predicted molar refractivity (Wildman–Crippen MR) is 139 cm³/mol. The van der Waals surface area contributed by atoms with Gasteiger partial charge in [-0.1, -0.05) is 60.7 Å². The number of hydrogen-bond donors (Lipinski definition) is 2. The lowest BCUT2D eigenvalue weighted by Gasteiger charge is -2.20. The van der Waals surface area contributed by atoms with E-state index in [0.717, 1.165) is 11.1 Å². The Morgan fingerprint density at radius 1 is 0.892 bits per heavy atom. The summed E-state index contributed by atoms with van der Waals surface area (Å²) in [5.41, 5.74) is 1.67. The molecule has 0 spiro atoms. The molecular weight excluding hydrogens is 474 g/mol. The fraction of sp³-hybridized carbons (Fsp3) is 0.214. The Balaban J connectivity index is 1.93. The summed E-state index contributed by atoms with van der Waals surface area (Å²) in [6.45, 7) is 5.23. The molecule has 1 heterocycles. The molecule has 0 fully saturated rings. The molecule has 0 atom stereocenters. The van der Waals surface area contributed by atoms with Crippen LogP contribution < -0.4 is 10.6 Å². The van der Waals surface area contributed by atoms with Gasteiger partial charge in [0.25, 0.3) is 0 Å². The fourth-order valence-corrected chi connectivity index (χ4v) is 3.14. The molecule has 9 nitrogen and oxygen atoms in total. The highest BCUT2D eigenvalue weighted by Crippen LogP contribution is 2.24. The number of methoxy groups -OCH3 is 1. The minimum atomic E-state index is -0.860. The Labute approximate surface area is 215 Å². The van der Waals surface area contributed by atoms with E-state index in [0.29, 0.717) is 5.69 Å². The molecule has 192 valence electrons. The number of anilines is 1. The third kappa shape index (κ3) is 8.50. The zero-order valence-electron chi connectivity index (χ0n) is 21.1. The monoisotopic (exact) mass is 503 g/mol. The summed E-state index contributed by atoms with van der Waals surface area (Å²) in [4.78, 5) is 42.0. The van der Waals surface area contributed by atoms with Crippen LogP contribution in [0, 0.1) is 0 Å². The number of nitrogens with one attached hydrogen (secondary N) is 2. The van der Waals surface area contributed by atoms with E-state index < -0.39 is 23.8 Å². The summed E-state index contributed by atoms with van der Waals surface area (Å²) in [5.74, 6) is -0.827. The van der Waals surface area contributed by atoms with Gasteiger partial charge in [0.2, 0.25) is 0 Å². The number of hydrogen-bond acceptors (Lipinski definition) is 7. The molecule has 1 aromatic heterocycles. The molecule has 2 aromatic carbocycles. The number of ether oxygens (including phenoxy) is 3. The standard InChI is InChI=1S/C28H29N3O6/c1-28(2,3)37-27(34)30-22-16-15-21(20-13-9-6-10-14-20)29-23(22)17-24(25(32)35-4)31-26(33)36-18-19-11-7-5-8-12-19/h5-17H,18H2,1-4H3,(H,30,34)(H,31,33)/b24-17-. The Kier molecular flexibility index (Phi) is 8.99. The predicted octanol–water partition coefficient (Wildman–Crippen LogP) is 5.54. The number of carbonyl (C=O) groups excluding carboxylic acids is 3. The second-order valence-electron chi connectivity index (χ2n) is 8.86. The number of rotatable bonds is 7. The number of pyridine rings is 1. The van der Waals surface area contributed by atoms with Crippen LogP contribution in [0.3, 0.4) is 0 Å². The highest BCUT2D eigenvalue weighted by molar-refractivity contribution is 5.98. The Bertz CT molecular complexity index is 1270. The normalized spacial score (nSPS) is 11.3. The first-order valence-corrected chi connectivity index (χ1v) is 11.5. The van der Waals surface area contributed by atoms with Gasteiger partial charge in [0.15, 0.2) is 0 Å². The van der Waals surface area contributed by atoms with Gasteiger partial charge in [0.05, 0.1) is 24.2 Å². The molecular formula is C28H29N3O6. The van der Waals surface area contributed by atoms with Crippen LogP contribution in [0.15, 0.2) is 78.5 Å². The summed E-state index contributed by atoms with van der Waals surface area (Å²) >= 11 is 0. The Morgan fingerprint density at radius 3 is 2.16 bits per heavy atom. The van der Waals surface area contributed by atoms with Crippen molar-refractivity contribution in [2.24, 2.45) is 0 Å². The zero-order valence-corrected chi connectivity index (χ0v) is 21.1. The van der Waals surface area contributed by atoms with Gasteiger partial charge in [-0.15, -0.1) is 0 Å². The van der Waals surface area contributed by atoms with Crippen LogP contribution in [0.25, 0.3) is 17.3 Å². The molecule has 0 saturated heterocycles. The molecule has 0 bridgehead atoms. The molecule has 3 rings (SSSR count). The number of benzene rings is 2. The van der Waals surface area contributed by atoms with E-state index in [1.54, 1.807) is 45.0 Å². The van der Waals surface area contributed by atoms with Gasteiger partial charge in [0, 0.05) is 5.56 Å². The van der Waals surface area contributed by atoms with Crippen LogP contribution in [0.4, 0.5) is 15.3 Å². The van der Waals surface area contributed by atoms with Gasteiger partial charge in [-0.05, 0) is 44.5 Å². The minimum absolute atomic E-state index is 0.00825. The largest absolute Gasteiger partial charge is 0.464 e. The van der Waals surface area contributed by atoms with E-state index in [4.69, 9.17) is 14.2 Å². The van der Waals surface area contributed by atoms with Crippen molar-refractivity contribution in [3.8, 4) is 11.3 Å². The average Bonchev–Trinajstić information content (AvgIpc) is 2.87. The number of nitrogens with zero attached hydrogens (tertiary/aromatic N) is 1. The first kappa shape index (κ1) is 26.9. The fourth-order valence-electron chi connectivity index (χ4n) is 3.14. The number of aromatic nitrogens is 1. The summed E-state index contributed by atoms with van der Waals surface area (Å²) in [6.07, 6.45) is -0.262. The summed E-state index contributed by atoms with van der Waals surface area (Å²) in [6, 6.07) is 21.8. The van der Waals surface area contributed by atoms with Crippen molar-refractivity contribution in [3.63, 3.8) is 0 Å². The number of esters is 1. The van der Waals surface area contributed by atoms with Gasteiger partial charge in [-0.3, -0.25) is 10.6 Å². The molecule has 9 heteroatoms. The number of alkyl carbamates (subject to hydrolysis) is 1. The third-order valence-electron chi connectivity index (χ3n) is 4.77. The maximum atomic E-state index is 12.5. The molecule has 0 aliphatic heterocycles. The van der Waals surface area contributed by atoms with Crippen LogP contribution in [0.2, 0.25) is 0 Å². The Morgan fingerprint density at radius 2 is 1.54 bits per heavy atom. The van der Waals surface area contributed by atoms with Gasteiger partial charge in [-0.2, -0.15) is 0 Å². The zero-order chi connectivity index (χ0) is 26.8. The van der Waals surface area contributed by atoms with Crippen molar-refractivity contribution >= 4 is 29.9 Å². The molecule has 0 saturated carbocycles. The molecule has 3 aromatic rings. The van der Waals surface area contributed by atoms with Crippen molar-refractivity contribution in [2.45, 2.75) is 33.0 Å². The molecule has 2 N–H and O–H groups in total. The first-order valence-electron chi connectivity index (χ1n) is 11.5. The van der Waals surface area contributed by atoms with Gasteiger partial charge in [0.1, 0.15) is 17.9 Å². The van der Waals surface area contributed by atoms with Crippen LogP contribution in [-0.2, 0) is 25.6 Å². The van der Waals surface area contributed by atoms with Crippen LogP contribution >= 0.6 is 0 Å². The molecule has 0 unspecified atom stereocenters. The lowest BCUT2D eigenvalue weighted by Crippen LogP contribution is -2.29. The lowest BCUT2D eigenvalue weighted by molar-refractivity contribution is -0.136. The maximum absolute atomic E-state index is 12.5. The summed E-state index contributed by atoms with van der Waals surface area (Å²) in [5, 5.41) is 5.05. The second kappa shape index (κ2) is 12.3. The number of amides is 2. The van der Waals surface area contributed by atoms with Gasteiger partial charge >= 0.3 is 18.2 Å². The first-order chi connectivity index (χ1) is 17.6. The van der Waals surface area contributed by atoms with E-state index in [9.17, 15) is 14.4 Å². The smallest absolute Gasteiger partial charge is 0.412 e. The van der Waals surface area contributed by atoms with Crippen LogP contribution in [0.1, 0.15) is 32.0 Å². The van der Waals surface area contributed by atoms with Crippen molar-refractivity contribution in [1.82, 2.24) is 10.3 Å². The third-order valence-corrected chi connectivity index (χ3v) is 4.77.